The van der Waals surface area contributed by atoms with Crippen LogP contribution in [0.3, 0.4) is 0 Å². The van der Waals surface area contributed by atoms with E-state index in [1.807, 2.05) is 0 Å². The maximum absolute atomic E-state index is 3.74. The van der Waals surface area contributed by atoms with Crippen LogP contribution in [0.25, 0.3) is 0 Å². The molecule has 0 aliphatic heterocycles. The Morgan fingerprint density at radius 3 is 2.26 bits per heavy atom. The van der Waals surface area contributed by atoms with Gasteiger partial charge in [-0.3, -0.25) is 0 Å². The van der Waals surface area contributed by atoms with Crippen LogP contribution in [0, 0.1) is 19.8 Å². The number of hydrogen-bond donors (Lipinski definition) is 1. The van der Waals surface area contributed by atoms with Crippen LogP contribution in [0.1, 0.15) is 35.6 Å². The highest BCUT2D eigenvalue weighted by molar-refractivity contribution is 5.52. The van der Waals surface area contributed by atoms with Crippen molar-refractivity contribution in [3.8, 4) is 0 Å². The van der Waals surface area contributed by atoms with Crippen molar-refractivity contribution in [3.63, 3.8) is 0 Å². The summed E-state index contributed by atoms with van der Waals surface area (Å²) >= 11 is 0. The van der Waals surface area contributed by atoms with Gasteiger partial charge in [0, 0.05) is 5.69 Å². The summed E-state index contributed by atoms with van der Waals surface area (Å²) in [5.41, 5.74) is 5.32. The molecular formula is C18H21N. The maximum Gasteiger partial charge on any atom is 0.0542 e. The van der Waals surface area contributed by atoms with Crippen molar-refractivity contribution in [2.24, 2.45) is 5.92 Å². The van der Waals surface area contributed by atoms with Crippen molar-refractivity contribution < 1.29 is 0 Å². The molecule has 1 atom stereocenters. The Balaban J connectivity index is 1.86. The molecule has 2 aromatic rings. The Morgan fingerprint density at radius 1 is 0.947 bits per heavy atom. The van der Waals surface area contributed by atoms with Crippen LogP contribution < -0.4 is 5.32 Å². The lowest BCUT2D eigenvalue weighted by Gasteiger charge is -2.21. The molecule has 19 heavy (non-hydrogen) atoms. The topological polar surface area (TPSA) is 12.0 Å². The molecule has 3 rings (SSSR count). The molecular weight excluding hydrogens is 230 g/mol. The van der Waals surface area contributed by atoms with Gasteiger partial charge in [0.15, 0.2) is 0 Å². The van der Waals surface area contributed by atoms with E-state index in [0.717, 1.165) is 5.92 Å². The molecule has 1 fully saturated rings. The normalized spacial score (nSPS) is 16.1. The Hall–Kier alpha value is -1.76. The molecule has 0 radical (unpaired) electrons. The van der Waals surface area contributed by atoms with E-state index in [2.05, 4.69) is 67.7 Å². The largest absolute Gasteiger partial charge is 0.378 e. The highest BCUT2D eigenvalue weighted by Gasteiger charge is 2.32. The third-order valence-electron chi connectivity index (χ3n) is 3.99. The Morgan fingerprint density at radius 2 is 1.63 bits per heavy atom. The lowest BCUT2D eigenvalue weighted by molar-refractivity contribution is 0.678. The smallest absolute Gasteiger partial charge is 0.0542 e. The standard InChI is InChI=1S/C18H21N/c1-13-7-9-15(10-8-13)18(16-11-12-16)19-17-6-4-3-5-14(17)2/h3-10,16,18-19H,11-12H2,1-2H3. The van der Waals surface area contributed by atoms with Crippen LogP contribution in [0.15, 0.2) is 48.5 Å². The van der Waals surface area contributed by atoms with E-state index in [9.17, 15) is 0 Å². The summed E-state index contributed by atoms with van der Waals surface area (Å²) in [5.74, 6) is 0.794. The number of aryl methyl sites for hydroxylation is 2. The highest BCUT2D eigenvalue weighted by Crippen LogP contribution is 2.43. The van der Waals surface area contributed by atoms with E-state index < -0.39 is 0 Å². The van der Waals surface area contributed by atoms with Gasteiger partial charge < -0.3 is 5.32 Å². The zero-order valence-electron chi connectivity index (χ0n) is 11.7. The zero-order valence-corrected chi connectivity index (χ0v) is 11.7. The fraction of sp³-hybridized carbons (Fsp3) is 0.333. The molecule has 1 aliphatic rings. The zero-order chi connectivity index (χ0) is 13.2. The average molecular weight is 251 g/mol. The lowest BCUT2D eigenvalue weighted by Crippen LogP contribution is -2.13. The number of rotatable bonds is 4. The first-order chi connectivity index (χ1) is 9.24. The molecule has 1 saturated carbocycles. The van der Waals surface area contributed by atoms with E-state index >= 15 is 0 Å². The summed E-state index contributed by atoms with van der Waals surface area (Å²) in [6.45, 7) is 4.31. The minimum Gasteiger partial charge on any atom is -0.378 e. The second kappa shape index (κ2) is 5.08. The van der Waals surface area contributed by atoms with Crippen molar-refractivity contribution in [3.05, 3.63) is 65.2 Å². The summed E-state index contributed by atoms with van der Waals surface area (Å²) in [5, 5.41) is 3.74. The minimum atomic E-state index is 0.460. The summed E-state index contributed by atoms with van der Waals surface area (Å²) < 4.78 is 0. The molecule has 1 nitrogen and oxygen atoms in total. The molecule has 1 N–H and O–H groups in total. The van der Waals surface area contributed by atoms with Gasteiger partial charge in [-0.05, 0) is 49.8 Å². The van der Waals surface area contributed by atoms with Gasteiger partial charge >= 0.3 is 0 Å². The third-order valence-corrected chi connectivity index (χ3v) is 3.99. The van der Waals surface area contributed by atoms with E-state index in [4.69, 9.17) is 0 Å². The van der Waals surface area contributed by atoms with Gasteiger partial charge in [-0.1, -0.05) is 48.0 Å². The average Bonchev–Trinajstić information content (AvgIpc) is 3.24. The second-order valence-electron chi connectivity index (χ2n) is 5.69. The predicted molar refractivity (Wildman–Crippen MR) is 81.4 cm³/mol. The molecule has 0 bridgehead atoms. The molecule has 2 aromatic carbocycles. The molecule has 1 aliphatic carbocycles. The fourth-order valence-corrected chi connectivity index (χ4v) is 2.58. The first-order valence-electron chi connectivity index (χ1n) is 7.13. The molecule has 0 amide bonds. The lowest BCUT2D eigenvalue weighted by atomic mass is 10.00. The van der Waals surface area contributed by atoms with Gasteiger partial charge in [0.25, 0.3) is 0 Å². The van der Waals surface area contributed by atoms with Crippen molar-refractivity contribution >= 4 is 5.69 Å². The van der Waals surface area contributed by atoms with E-state index in [0.29, 0.717) is 6.04 Å². The van der Waals surface area contributed by atoms with E-state index in [1.54, 1.807) is 0 Å². The number of hydrogen-bond acceptors (Lipinski definition) is 1. The van der Waals surface area contributed by atoms with Crippen LogP contribution in [0.4, 0.5) is 5.69 Å². The van der Waals surface area contributed by atoms with Crippen molar-refractivity contribution in [2.45, 2.75) is 32.7 Å². The first-order valence-corrected chi connectivity index (χ1v) is 7.13. The van der Waals surface area contributed by atoms with Gasteiger partial charge in [0.1, 0.15) is 0 Å². The monoisotopic (exact) mass is 251 g/mol. The summed E-state index contributed by atoms with van der Waals surface area (Å²) in [7, 11) is 0. The number of anilines is 1. The SMILES string of the molecule is Cc1ccc(C(Nc2ccccc2C)C2CC2)cc1. The van der Waals surface area contributed by atoms with Gasteiger partial charge in [0.2, 0.25) is 0 Å². The molecule has 98 valence electrons. The molecule has 0 saturated heterocycles. The van der Waals surface area contributed by atoms with Crippen LogP contribution >= 0.6 is 0 Å². The molecule has 0 heterocycles. The van der Waals surface area contributed by atoms with Crippen LogP contribution in [-0.4, -0.2) is 0 Å². The van der Waals surface area contributed by atoms with Crippen molar-refractivity contribution in [2.75, 3.05) is 5.32 Å². The van der Waals surface area contributed by atoms with Crippen LogP contribution in [-0.2, 0) is 0 Å². The summed E-state index contributed by atoms with van der Waals surface area (Å²) in [6.07, 6.45) is 2.69. The van der Waals surface area contributed by atoms with E-state index in [1.165, 1.54) is 35.2 Å². The Labute approximate surface area is 115 Å². The Kier molecular flexibility index (Phi) is 3.29. The van der Waals surface area contributed by atoms with Crippen molar-refractivity contribution in [1.29, 1.82) is 0 Å². The second-order valence-corrected chi connectivity index (χ2v) is 5.69. The number of para-hydroxylation sites is 1. The number of benzene rings is 2. The van der Waals surface area contributed by atoms with Crippen molar-refractivity contribution in [1.82, 2.24) is 0 Å². The maximum atomic E-state index is 3.74. The van der Waals surface area contributed by atoms with Gasteiger partial charge in [-0.25, -0.2) is 0 Å². The van der Waals surface area contributed by atoms with Crippen LogP contribution in [0.5, 0.6) is 0 Å². The van der Waals surface area contributed by atoms with Gasteiger partial charge in [-0.15, -0.1) is 0 Å². The first kappa shape index (κ1) is 12.3. The Bertz CT molecular complexity index is 552. The third kappa shape index (κ3) is 2.81. The van der Waals surface area contributed by atoms with Gasteiger partial charge in [0.05, 0.1) is 6.04 Å². The molecule has 0 aromatic heterocycles. The minimum absolute atomic E-state index is 0.460. The summed E-state index contributed by atoms with van der Waals surface area (Å²) in [4.78, 5) is 0. The van der Waals surface area contributed by atoms with Gasteiger partial charge in [-0.2, -0.15) is 0 Å². The quantitative estimate of drug-likeness (QED) is 0.817. The highest BCUT2D eigenvalue weighted by atomic mass is 14.9. The summed E-state index contributed by atoms with van der Waals surface area (Å²) in [6, 6.07) is 18.0. The molecule has 0 spiro atoms. The predicted octanol–water partition coefficient (Wildman–Crippen LogP) is 4.87. The van der Waals surface area contributed by atoms with Crippen LogP contribution in [0.2, 0.25) is 0 Å². The fourth-order valence-electron chi connectivity index (χ4n) is 2.58. The van der Waals surface area contributed by atoms with E-state index in [-0.39, 0.29) is 0 Å². The molecule has 1 unspecified atom stereocenters. The number of nitrogens with one attached hydrogen (secondary N) is 1. The molecule has 1 heteroatoms.